The van der Waals surface area contributed by atoms with Crippen molar-refractivity contribution < 1.29 is 0 Å². The van der Waals surface area contributed by atoms with Crippen molar-refractivity contribution in [2.75, 3.05) is 39.3 Å². The fourth-order valence-electron chi connectivity index (χ4n) is 3.19. The highest BCUT2D eigenvalue weighted by Gasteiger charge is 2.28. The number of likely N-dealkylation sites (N-methyl/N-ethyl adjacent to an activating group) is 1. The monoisotopic (exact) mass is 225 g/mol. The molecule has 2 fully saturated rings. The third kappa shape index (κ3) is 3.19. The van der Waals surface area contributed by atoms with Gasteiger partial charge >= 0.3 is 0 Å². The summed E-state index contributed by atoms with van der Waals surface area (Å²) in [7, 11) is 0. The molecule has 0 bridgehead atoms. The molecule has 0 aliphatic carbocycles. The van der Waals surface area contributed by atoms with Gasteiger partial charge in [-0.3, -0.25) is 9.80 Å². The van der Waals surface area contributed by atoms with E-state index >= 15 is 0 Å². The Bertz CT molecular complexity index is 207. The maximum Gasteiger partial charge on any atom is 0.0223 e. The van der Waals surface area contributed by atoms with Gasteiger partial charge in [-0.1, -0.05) is 13.3 Å². The second-order valence-corrected chi connectivity index (χ2v) is 5.40. The van der Waals surface area contributed by atoms with E-state index in [4.69, 9.17) is 0 Å². The molecule has 2 aliphatic rings. The minimum Gasteiger partial charge on any atom is -0.313 e. The molecule has 0 saturated carbocycles. The van der Waals surface area contributed by atoms with E-state index in [1.54, 1.807) is 0 Å². The van der Waals surface area contributed by atoms with E-state index in [9.17, 15) is 0 Å². The molecule has 2 saturated heterocycles. The molecule has 2 rings (SSSR count). The van der Waals surface area contributed by atoms with E-state index < -0.39 is 0 Å². The van der Waals surface area contributed by atoms with Gasteiger partial charge in [0.2, 0.25) is 0 Å². The summed E-state index contributed by atoms with van der Waals surface area (Å²) in [6, 6.07) is 1.50. The van der Waals surface area contributed by atoms with Gasteiger partial charge in [-0.2, -0.15) is 0 Å². The van der Waals surface area contributed by atoms with Crippen LogP contribution in [0.1, 0.15) is 33.1 Å². The lowest BCUT2D eigenvalue weighted by Gasteiger charge is -2.44. The lowest BCUT2D eigenvalue weighted by molar-refractivity contribution is 0.0458. The summed E-state index contributed by atoms with van der Waals surface area (Å²) in [4.78, 5) is 5.36. The molecule has 0 aromatic rings. The second-order valence-electron chi connectivity index (χ2n) is 5.40. The molecule has 2 aliphatic heterocycles. The van der Waals surface area contributed by atoms with Crippen LogP contribution < -0.4 is 5.32 Å². The Morgan fingerprint density at radius 3 is 2.94 bits per heavy atom. The average Bonchev–Trinajstić information content (AvgIpc) is 2.29. The van der Waals surface area contributed by atoms with Crippen LogP contribution in [0, 0.1) is 0 Å². The molecular formula is C13H27N3. The normalized spacial score (nSPS) is 30.0. The Hall–Kier alpha value is -0.120. The molecule has 0 aromatic heterocycles. The van der Waals surface area contributed by atoms with Gasteiger partial charge in [0.05, 0.1) is 0 Å². The molecular weight excluding hydrogens is 198 g/mol. The Morgan fingerprint density at radius 2 is 2.12 bits per heavy atom. The molecule has 0 aromatic carbocycles. The summed E-state index contributed by atoms with van der Waals surface area (Å²) in [5, 5.41) is 3.51. The summed E-state index contributed by atoms with van der Waals surface area (Å²) in [6.45, 7) is 12.0. The van der Waals surface area contributed by atoms with Crippen molar-refractivity contribution in [3.63, 3.8) is 0 Å². The maximum absolute atomic E-state index is 3.51. The molecule has 3 nitrogen and oxygen atoms in total. The van der Waals surface area contributed by atoms with Crippen molar-refractivity contribution in [1.82, 2.24) is 15.1 Å². The predicted octanol–water partition coefficient (Wildman–Crippen LogP) is 1.15. The summed E-state index contributed by atoms with van der Waals surface area (Å²) in [5.74, 6) is 0. The molecule has 16 heavy (non-hydrogen) atoms. The van der Waals surface area contributed by atoms with E-state index in [1.807, 2.05) is 0 Å². The van der Waals surface area contributed by atoms with Gasteiger partial charge in [0.15, 0.2) is 0 Å². The molecule has 2 heterocycles. The molecule has 1 N–H and O–H groups in total. The number of hydrogen-bond acceptors (Lipinski definition) is 3. The van der Waals surface area contributed by atoms with Gasteiger partial charge in [-0.15, -0.1) is 0 Å². The number of hydrogen-bond donors (Lipinski definition) is 1. The Morgan fingerprint density at radius 1 is 1.25 bits per heavy atom. The second kappa shape index (κ2) is 5.99. The van der Waals surface area contributed by atoms with E-state index in [0.29, 0.717) is 6.04 Å². The van der Waals surface area contributed by atoms with E-state index in [-0.39, 0.29) is 0 Å². The minimum atomic E-state index is 0.639. The molecule has 3 heteroatoms. The first-order valence-corrected chi connectivity index (χ1v) is 6.99. The molecule has 0 amide bonds. The van der Waals surface area contributed by atoms with Crippen molar-refractivity contribution >= 4 is 0 Å². The molecule has 2 unspecified atom stereocenters. The van der Waals surface area contributed by atoms with Crippen molar-refractivity contribution in [3.8, 4) is 0 Å². The fraction of sp³-hybridized carbons (Fsp3) is 1.00. The van der Waals surface area contributed by atoms with Crippen LogP contribution in [0.25, 0.3) is 0 Å². The lowest BCUT2D eigenvalue weighted by Crippen LogP contribution is -2.56. The summed E-state index contributed by atoms with van der Waals surface area (Å²) in [5.41, 5.74) is 0. The van der Waals surface area contributed by atoms with Gasteiger partial charge < -0.3 is 5.32 Å². The predicted molar refractivity (Wildman–Crippen MR) is 68.8 cm³/mol. The van der Waals surface area contributed by atoms with Gasteiger partial charge in [0.1, 0.15) is 0 Å². The molecule has 94 valence electrons. The number of piperidine rings is 1. The topological polar surface area (TPSA) is 18.5 Å². The zero-order valence-electron chi connectivity index (χ0n) is 10.9. The van der Waals surface area contributed by atoms with Crippen LogP contribution in [0.15, 0.2) is 0 Å². The number of fused-ring (bicyclic) bond motifs is 1. The summed E-state index contributed by atoms with van der Waals surface area (Å²) in [6.07, 6.45) is 4.29. The van der Waals surface area contributed by atoms with Gasteiger partial charge in [0.25, 0.3) is 0 Å². The van der Waals surface area contributed by atoms with E-state index in [0.717, 1.165) is 12.6 Å². The van der Waals surface area contributed by atoms with E-state index in [1.165, 1.54) is 52.0 Å². The Balaban J connectivity index is 1.76. The molecule has 2 atom stereocenters. The Labute approximate surface area is 100 Å². The zero-order chi connectivity index (χ0) is 11.4. The molecule has 0 spiro atoms. The summed E-state index contributed by atoms with van der Waals surface area (Å²) < 4.78 is 0. The van der Waals surface area contributed by atoms with Gasteiger partial charge in [0, 0.05) is 38.3 Å². The average molecular weight is 225 g/mol. The fourth-order valence-corrected chi connectivity index (χ4v) is 3.19. The smallest absolute Gasteiger partial charge is 0.0223 e. The minimum absolute atomic E-state index is 0.639. The van der Waals surface area contributed by atoms with Crippen LogP contribution >= 0.6 is 0 Å². The standard InChI is InChI=1S/C13H27N3/c1-3-14-12(2)10-15-8-9-16-7-5-4-6-13(16)11-15/h12-14H,3-11H2,1-2H3. The highest BCUT2D eigenvalue weighted by atomic mass is 15.3. The van der Waals surface area contributed by atoms with Crippen molar-refractivity contribution in [2.45, 2.75) is 45.2 Å². The van der Waals surface area contributed by atoms with Crippen molar-refractivity contribution in [1.29, 1.82) is 0 Å². The van der Waals surface area contributed by atoms with E-state index in [2.05, 4.69) is 29.0 Å². The first-order valence-electron chi connectivity index (χ1n) is 6.99. The maximum atomic E-state index is 3.51. The lowest BCUT2D eigenvalue weighted by atomic mass is 9.99. The summed E-state index contributed by atoms with van der Waals surface area (Å²) >= 11 is 0. The molecule has 0 radical (unpaired) electrons. The zero-order valence-corrected chi connectivity index (χ0v) is 10.9. The van der Waals surface area contributed by atoms with Gasteiger partial charge in [-0.05, 0) is 32.9 Å². The number of nitrogens with one attached hydrogen (secondary N) is 1. The highest BCUT2D eigenvalue weighted by Crippen LogP contribution is 2.20. The quantitative estimate of drug-likeness (QED) is 0.774. The van der Waals surface area contributed by atoms with Crippen LogP contribution in [-0.4, -0.2) is 61.2 Å². The van der Waals surface area contributed by atoms with Crippen LogP contribution in [0.3, 0.4) is 0 Å². The first-order chi connectivity index (χ1) is 7.79. The third-order valence-corrected chi connectivity index (χ3v) is 4.01. The van der Waals surface area contributed by atoms with Crippen LogP contribution in [0.4, 0.5) is 0 Å². The third-order valence-electron chi connectivity index (χ3n) is 4.01. The number of piperazine rings is 1. The number of rotatable bonds is 4. The van der Waals surface area contributed by atoms with Crippen molar-refractivity contribution in [2.24, 2.45) is 0 Å². The van der Waals surface area contributed by atoms with Crippen LogP contribution in [0.2, 0.25) is 0 Å². The highest BCUT2D eigenvalue weighted by molar-refractivity contribution is 4.86. The van der Waals surface area contributed by atoms with Crippen LogP contribution in [0.5, 0.6) is 0 Å². The number of nitrogens with zero attached hydrogens (tertiary/aromatic N) is 2. The van der Waals surface area contributed by atoms with Crippen LogP contribution in [-0.2, 0) is 0 Å². The van der Waals surface area contributed by atoms with Gasteiger partial charge in [-0.25, -0.2) is 0 Å². The largest absolute Gasteiger partial charge is 0.313 e. The SMILES string of the molecule is CCNC(C)CN1CCN2CCCCC2C1. The Kier molecular flexibility index (Phi) is 4.62. The first kappa shape index (κ1) is 12.3. The van der Waals surface area contributed by atoms with Crippen molar-refractivity contribution in [3.05, 3.63) is 0 Å².